The Morgan fingerprint density at radius 1 is 1.50 bits per heavy atom. The number of nitrogens with one attached hydrogen (secondary N) is 2. The van der Waals surface area contributed by atoms with Crippen molar-refractivity contribution in [3.05, 3.63) is 27.8 Å². The number of aliphatic hydroxyl groups is 1. The van der Waals surface area contributed by atoms with Crippen molar-refractivity contribution in [1.29, 1.82) is 0 Å². The van der Waals surface area contributed by atoms with Crippen LogP contribution < -0.4 is 10.6 Å². The number of anilines is 2. The third-order valence-corrected chi connectivity index (χ3v) is 3.28. The van der Waals surface area contributed by atoms with Gasteiger partial charge in [0.2, 0.25) is 5.91 Å². The van der Waals surface area contributed by atoms with Crippen LogP contribution in [0, 0.1) is 10.1 Å². The molecule has 1 aliphatic heterocycles. The number of carbonyl (C=O) groups excluding carboxylic acids is 1. The van der Waals surface area contributed by atoms with Crippen LogP contribution >= 0.6 is 0 Å². The Bertz CT molecular complexity index is 545. The molecule has 108 valence electrons. The van der Waals surface area contributed by atoms with Gasteiger partial charge in [-0.2, -0.15) is 0 Å². The van der Waals surface area contributed by atoms with Gasteiger partial charge in [0.05, 0.1) is 4.92 Å². The number of nitro groups is 1. The van der Waals surface area contributed by atoms with Gasteiger partial charge in [0.15, 0.2) is 0 Å². The molecule has 1 amide bonds. The summed E-state index contributed by atoms with van der Waals surface area (Å²) in [7, 11) is 0. The second-order valence-corrected chi connectivity index (χ2v) is 4.89. The zero-order valence-electron chi connectivity index (χ0n) is 11.2. The number of fused-ring (bicyclic) bond motifs is 1. The number of amides is 1. The average molecular weight is 279 g/mol. The van der Waals surface area contributed by atoms with Crippen molar-refractivity contribution in [2.24, 2.45) is 0 Å². The molecular formula is C13H17N3O4. The zero-order chi connectivity index (χ0) is 14.7. The Hall–Kier alpha value is -2.15. The predicted octanol–water partition coefficient (Wildman–Crippen LogP) is 1.66. The molecule has 2 rings (SSSR count). The Labute approximate surface area is 116 Å². The second-order valence-electron chi connectivity index (χ2n) is 4.89. The van der Waals surface area contributed by atoms with Crippen molar-refractivity contribution in [3.63, 3.8) is 0 Å². The van der Waals surface area contributed by atoms with Gasteiger partial charge in [-0.15, -0.1) is 0 Å². The number of carbonyl (C=O) groups is 1. The number of aryl methyl sites for hydroxylation is 1. The van der Waals surface area contributed by atoms with Gasteiger partial charge in [-0.25, -0.2) is 0 Å². The van der Waals surface area contributed by atoms with Crippen LogP contribution in [0.5, 0.6) is 0 Å². The monoisotopic (exact) mass is 279 g/mol. The van der Waals surface area contributed by atoms with Crippen LogP contribution in [-0.4, -0.2) is 28.6 Å². The predicted molar refractivity (Wildman–Crippen MR) is 74.8 cm³/mol. The van der Waals surface area contributed by atoms with Gasteiger partial charge in [-0.1, -0.05) is 0 Å². The van der Waals surface area contributed by atoms with E-state index < -0.39 is 4.92 Å². The Balaban J connectivity index is 2.35. The normalized spacial score (nSPS) is 15.2. The highest BCUT2D eigenvalue weighted by molar-refractivity contribution is 5.95. The molecule has 7 nitrogen and oxygen atoms in total. The lowest BCUT2D eigenvalue weighted by molar-refractivity contribution is -0.384. The van der Waals surface area contributed by atoms with Crippen LogP contribution in [0.1, 0.15) is 25.3 Å². The highest BCUT2D eigenvalue weighted by atomic mass is 16.6. The van der Waals surface area contributed by atoms with Crippen LogP contribution in [0.4, 0.5) is 17.1 Å². The van der Waals surface area contributed by atoms with Crippen LogP contribution in [0.2, 0.25) is 0 Å². The lowest BCUT2D eigenvalue weighted by atomic mass is 10.0. The molecule has 0 bridgehead atoms. The number of nitro benzene ring substituents is 1. The average Bonchev–Trinajstić information content (AvgIpc) is 2.37. The van der Waals surface area contributed by atoms with E-state index in [-0.39, 0.29) is 24.2 Å². The molecule has 0 spiro atoms. The summed E-state index contributed by atoms with van der Waals surface area (Å²) in [6.07, 6.45) is 1.34. The molecule has 1 aromatic carbocycles. The molecule has 0 saturated carbocycles. The molecule has 7 heteroatoms. The highest BCUT2D eigenvalue weighted by Gasteiger charge is 2.23. The molecule has 1 aromatic rings. The van der Waals surface area contributed by atoms with Gasteiger partial charge < -0.3 is 15.7 Å². The Morgan fingerprint density at radius 3 is 2.90 bits per heavy atom. The lowest BCUT2D eigenvalue weighted by Crippen LogP contribution is -2.21. The summed E-state index contributed by atoms with van der Waals surface area (Å²) in [5.74, 6) is -0.0827. The minimum atomic E-state index is -0.440. The Morgan fingerprint density at radius 2 is 2.25 bits per heavy atom. The minimum absolute atomic E-state index is 0.00361. The minimum Gasteiger partial charge on any atom is -0.396 e. The van der Waals surface area contributed by atoms with E-state index in [0.717, 1.165) is 5.56 Å². The van der Waals surface area contributed by atoms with Crippen LogP contribution in [-0.2, 0) is 11.2 Å². The lowest BCUT2D eigenvalue weighted by Gasteiger charge is -2.20. The first kappa shape index (κ1) is 14.3. The second kappa shape index (κ2) is 5.87. The Kier molecular flexibility index (Phi) is 4.19. The van der Waals surface area contributed by atoms with E-state index in [1.54, 1.807) is 6.07 Å². The van der Waals surface area contributed by atoms with Gasteiger partial charge in [-0.05, 0) is 31.4 Å². The van der Waals surface area contributed by atoms with Crippen LogP contribution in [0.3, 0.4) is 0 Å². The summed E-state index contributed by atoms with van der Waals surface area (Å²) in [5.41, 5.74) is 1.74. The zero-order valence-corrected chi connectivity index (χ0v) is 11.2. The molecule has 0 radical (unpaired) electrons. The van der Waals surface area contributed by atoms with Crippen molar-refractivity contribution in [3.8, 4) is 0 Å². The maximum absolute atomic E-state index is 11.4. The standard InChI is InChI=1S/C13H17N3O4/c1-8(4-5-17)14-11-7-10-9(2-3-13(18)15-10)6-12(11)16(19)20/h6-8,14,17H,2-5H2,1H3,(H,15,18). The highest BCUT2D eigenvalue weighted by Crippen LogP contribution is 2.34. The molecule has 0 saturated heterocycles. The van der Waals surface area contributed by atoms with E-state index in [4.69, 9.17) is 5.11 Å². The number of aliphatic hydroxyl groups excluding tert-OH is 1. The first-order valence-electron chi connectivity index (χ1n) is 6.50. The van der Waals surface area contributed by atoms with E-state index in [9.17, 15) is 14.9 Å². The fourth-order valence-electron chi connectivity index (χ4n) is 2.21. The molecule has 3 N–H and O–H groups in total. The van der Waals surface area contributed by atoms with Crippen molar-refractivity contribution >= 4 is 23.0 Å². The summed E-state index contributed by atoms with van der Waals surface area (Å²) in [6, 6.07) is 3.00. The van der Waals surface area contributed by atoms with E-state index in [2.05, 4.69) is 10.6 Å². The molecule has 1 aliphatic rings. The van der Waals surface area contributed by atoms with E-state index in [0.29, 0.717) is 30.6 Å². The molecule has 20 heavy (non-hydrogen) atoms. The molecule has 0 fully saturated rings. The van der Waals surface area contributed by atoms with Gasteiger partial charge in [0.25, 0.3) is 5.69 Å². The van der Waals surface area contributed by atoms with Gasteiger partial charge in [0.1, 0.15) is 5.69 Å². The van der Waals surface area contributed by atoms with Gasteiger partial charge in [-0.3, -0.25) is 14.9 Å². The topological polar surface area (TPSA) is 104 Å². The van der Waals surface area contributed by atoms with Crippen LogP contribution in [0.15, 0.2) is 12.1 Å². The molecular weight excluding hydrogens is 262 g/mol. The van der Waals surface area contributed by atoms with E-state index >= 15 is 0 Å². The van der Waals surface area contributed by atoms with Crippen molar-refractivity contribution < 1.29 is 14.8 Å². The first-order valence-corrected chi connectivity index (χ1v) is 6.50. The summed E-state index contributed by atoms with van der Waals surface area (Å²) >= 11 is 0. The summed E-state index contributed by atoms with van der Waals surface area (Å²) in [6.45, 7) is 1.83. The number of nitrogens with zero attached hydrogens (tertiary/aromatic N) is 1. The molecule has 1 atom stereocenters. The molecule has 0 aromatic heterocycles. The van der Waals surface area contributed by atoms with Gasteiger partial charge >= 0.3 is 0 Å². The fourth-order valence-corrected chi connectivity index (χ4v) is 2.21. The van der Waals surface area contributed by atoms with E-state index in [1.807, 2.05) is 6.92 Å². The maximum atomic E-state index is 11.4. The first-order chi connectivity index (χ1) is 9.51. The smallest absolute Gasteiger partial charge is 0.292 e. The SMILES string of the molecule is CC(CCO)Nc1cc2c(cc1[N+](=O)[O-])CCC(=O)N2. The third kappa shape index (κ3) is 3.05. The van der Waals surface area contributed by atoms with Crippen molar-refractivity contribution in [2.45, 2.75) is 32.2 Å². The van der Waals surface area contributed by atoms with Gasteiger partial charge in [0, 0.05) is 30.8 Å². The summed E-state index contributed by atoms with van der Waals surface area (Å²) in [5, 5.41) is 25.8. The molecule has 1 unspecified atom stereocenters. The number of benzene rings is 1. The van der Waals surface area contributed by atoms with Crippen molar-refractivity contribution in [2.75, 3.05) is 17.2 Å². The summed E-state index contributed by atoms with van der Waals surface area (Å²) < 4.78 is 0. The molecule has 0 aliphatic carbocycles. The third-order valence-electron chi connectivity index (χ3n) is 3.28. The van der Waals surface area contributed by atoms with Crippen LogP contribution in [0.25, 0.3) is 0 Å². The quantitative estimate of drug-likeness (QED) is 0.561. The number of rotatable bonds is 5. The maximum Gasteiger partial charge on any atom is 0.292 e. The largest absolute Gasteiger partial charge is 0.396 e. The molecule has 1 heterocycles. The fraction of sp³-hybridized carbons (Fsp3) is 0.462. The number of hydrogen-bond acceptors (Lipinski definition) is 5. The van der Waals surface area contributed by atoms with Crippen molar-refractivity contribution in [1.82, 2.24) is 0 Å². The summed E-state index contributed by atoms with van der Waals surface area (Å²) in [4.78, 5) is 22.1. The van der Waals surface area contributed by atoms with E-state index in [1.165, 1.54) is 6.07 Å². The number of hydrogen-bond donors (Lipinski definition) is 3.